The molecule has 1 atom stereocenters. The zero-order chi connectivity index (χ0) is 18.1. The molecule has 0 saturated carbocycles. The highest BCUT2D eigenvalue weighted by Crippen LogP contribution is 2.34. The molecule has 1 aliphatic rings. The number of amides is 1. The molecule has 0 bridgehead atoms. The standard InChI is InChI=1S/C21H21N3O2/c1-14-8-9-16(12-15(14)2)13-24-18(10-11-19(24)25)21-22-20(23-26-21)17-6-4-3-5-7-17/h3-9,12,18H,10-11,13H2,1-2H3. The lowest BCUT2D eigenvalue weighted by atomic mass is 10.1. The van der Waals surface area contributed by atoms with Gasteiger partial charge in [-0.15, -0.1) is 0 Å². The molecule has 0 N–H and O–H groups in total. The van der Waals surface area contributed by atoms with Crippen molar-refractivity contribution in [1.29, 1.82) is 0 Å². The first-order valence-electron chi connectivity index (χ1n) is 8.86. The van der Waals surface area contributed by atoms with Gasteiger partial charge in [0, 0.05) is 18.5 Å². The maximum Gasteiger partial charge on any atom is 0.249 e. The van der Waals surface area contributed by atoms with Crippen LogP contribution < -0.4 is 0 Å². The van der Waals surface area contributed by atoms with Gasteiger partial charge < -0.3 is 9.42 Å². The molecule has 1 aromatic heterocycles. The SMILES string of the molecule is Cc1ccc(CN2C(=O)CCC2c2nc(-c3ccccc3)no2)cc1C. The number of hydrogen-bond donors (Lipinski definition) is 0. The monoisotopic (exact) mass is 347 g/mol. The summed E-state index contributed by atoms with van der Waals surface area (Å²) in [6.07, 6.45) is 1.22. The average molecular weight is 347 g/mol. The van der Waals surface area contributed by atoms with Gasteiger partial charge in [0.15, 0.2) is 0 Å². The molecule has 132 valence electrons. The average Bonchev–Trinajstić information content (AvgIpc) is 3.27. The summed E-state index contributed by atoms with van der Waals surface area (Å²) in [7, 11) is 0. The fourth-order valence-electron chi connectivity index (χ4n) is 3.36. The predicted molar refractivity (Wildman–Crippen MR) is 98.2 cm³/mol. The Bertz CT molecular complexity index is 933. The van der Waals surface area contributed by atoms with Crippen LogP contribution in [0.1, 0.15) is 41.5 Å². The molecular formula is C21H21N3O2. The molecule has 2 heterocycles. The van der Waals surface area contributed by atoms with Gasteiger partial charge in [-0.3, -0.25) is 4.79 Å². The molecule has 0 spiro atoms. The highest BCUT2D eigenvalue weighted by molar-refractivity contribution is 5.78. The third kappa shape index (κ3) is 3.12. The van der Waals surface area contributed by atoms with Gasteiger partial charge in [0.1, 0.15) is 6.04 Å². The van der Waals surface area contributed by atoms with Crippen molar-refractivity contribution in [3.8, 4) is 11.4 Å². The van der Waals surface area contributed by atoms with E-state index < -0.39 is 0 Å². The summed E-state index contributed by atoms with van der Waals surface area (Å²) >= 11 is 0. The van der Waals surface area contributed by atoms with E-state index in [0.29, 0.717) is 31.1 Å². The zero-order valence-electron chi connectivity index (χ0n) is 15.0. The van der Waals surface area contributed by atoms with Crippen molar-refractivity contribution >= 4 is 5.91 Å². The molecule has 5 nitrogen and oxygen atoms in total. The third-order valence-corrected chi connectivity index (χ3v) is 5.01. The van der Waals surface area contributed by atoms with Gasteiger partial charge in [-0.1, -0.05) is 53.7 Å². The Kier molecular flexibility index (Phi) is 4.29. The van der Waals surface area contributed by atoms with Crippen LogP contribution in [-0.4, -0.2) is 20.9 Å². The van der Waals surface area contributed by atoms with Gasteiger partial charge in [0.2, 0.25) is 17.6 Å². The fraction of sp³-hybridized carbons (Fsp3) is 0.286. The van der Waals surface area contributed by atoms with Gasteiger partial charge in [-0.05, 0) is 37.0 Å². The van der Waals surface area contributed by atoms with Crippen molar-refractivity contribution in [2.45, 2.75) is 39.3 Å². The molecule has 1 fully saturated rings. The Morgan fingerprint density at radius 1 is 1.12 bits per heavy atom. The number of aromatic nitrogens is 2. The summed E-state index contributed by atoms with van der Waals surface area (Å²) in [5.41, 5.74) is 4.51. The highest BCUT2D eigenvalue weighted by atomic mass is 16.5. The summed E-state index contributed by atoms with van der Waals surface area (Å²) in [5.74, 6) is 1.21. The zero-order valence-corrected chi connectivity index (χ0v) is 15.0. The minimum atomic E-state index is -0.158. The summed E-state index contributed by atoms with van der Waals surface area (Å²) < 4.78 is 5.51. The smallest absolute Gasteiger partial charge is 0.249 e. The minimum Gasteiger partial charge on any atom is -0.337 e. The topological polar surface area (TPSA) is 59.2 Å². The van der Waals surface area contributed by atoms with E-state index in [1.54, 1.807) is 0 Å². The van der Waals surface area contributed by atoms with Crippen molar-refractivity contribution in [3.63, 3.8) is 0 Å². The number of carbonyl (C=O) groups excluding carboxylic acids is 1. The number of nitrogens with zero attached hydrogens (tertiary/aromatic N) is 3. The van der Waals surface area contributed by atoms with E-state index in [0.717, 1.165) is 11.1 Å². The number of rotatable bonds is 4. The van der Waals surface area contributed by atoms with E-state index in [1.165, 1.54) is 11.1 Å². The Morgan fingerprint density at radius 3 is 2.69 bits per heavy atom. The van der Waals surface area contributed by atoms with Gasteiger partial charge in [0.25, 0.3) is 0 Å². The number of benzene rings is 2. The molecule has 1 aliphatic heterocycles. The van der Waals surface area contributed by atoms with Crippen LogP contribution in [0.25, 0.3) is 11.4 Å². The number of aryl methyl sites for hydroxylation is 2. The second kappa shape index (κ2) is 6.75. The van der Waals surface area contributed by atoms with Crippen LogP contribution in [-0.2, 0) is 11.3 Å². The van der Waals surface area contributed by atoms with E-state index in [4.69, 9.17) is 4.52 Å². The van der Waals surface area contributed by atoms with Gasteiger partial charge in [-0.25, -0.2) is 0 Å². The van der Waals surface area contributed by atoms with Gasteiger partial charge in [0.05, 0.1) is 0 Å². The van der Waals surface area contributed by atoms with Crippen LogP contribution in [0.2, 0.25) is 0 Å². The lowest BCUT2D eigenvalue weighted by molar-refractivity contribution is -0.129. The Balaban J connectivity index is 1.58. The van der Waals surface area contributed by atoms with E-state index in [9.17, 15) is 4.79 Å². The van der Waals surface area contributed by atoms with Crippen molar-refractivity contribution in [3.05, 3.63) is 71.1 Å². The summed E-state index contributed by atoms with van der Waals surface area (Å²) in [6, 6.07) is 15.9. The first-order valence-corrected chi connectivity index (χ1v) is 8.86. The molecule has 2 aromatic carbocycles. The second-order valence-corrected chi connectivity index (χ2v) is 6.82. The van der Waals surface area contributed by atoms with Crippen LogP contribution in [0.15, 0.2) is 53.1 Å². The van der Waals surface area contributed by atoms with E-state index >= 15 is 0 Å². The largest absolute Gasteiger partial charge is 0.337 e. The Morgan fingerprint density at radius 2 is 1.92 bits per heavy atom. The fourth-order valence-corrected chi connectivity index (χ4v) is 3.36. The van der Waals surface area contributed by atoms with Crippen molar-refractivity contribution < 1.29 is 9.32 Å². The van der Waals surface area contributed by atoms with Crippen molar-refractivity contribution in [1.82, 2.24) is 15.0 Å². The molecular weight excluding hydrogens is 326 g/mol. The van der Waals surface area contributed by atoms with Crippen LogP contribution in [0, 0.1) is 13.8 Å². The van der Waals surface area contributed by atoms with E-state index in [2.05, 4.69) is 42.2 Å². The normalized spacial score (nSPS) is 17.1. The quantitative estimate of drug-likeness (QED) is 0.709. The van der Waals surface area contributed by atoms with E-state index in [1.807, 2.05) is 35.2 Å². The van der Waals surface area contributed by atoms with Crippen molar-refractivity contribution in [2.75, 3.05) is 0 Å². The molecule has 3 aromatic rings. The molecule has 26 heavy (non-hydrogen) atoms. The maximum atomic E-state index is 12.4. The molecule has 4 rings (SSSR count). The number of carbonyl (C=O) groups is 1. The lowest BCUT2D eigenvalue weighted by Crippen LogP contribution is -2.27. The first-order chi connectivity index (χ1) is 12.6. The highest BCUT2D eigenvalue weighted by Gasteiger charge is 2.36. The van der Waals surface area contributed by atoms with Crippen LogP contribution in [0.4, 0.5) is 0 Å². The molecule has 1 unspecified atom stereocenters. The summed E-state index contributed by atoms with van der Waals surface area (Å²) in [6.45, 7) is 4.74. The van der Waals surface area contributed by atoms with Gasteiger partial charge in [-0.2, -0.15) is 4.98 Å². The summed E-state index contributed by atoms with van der Waals surface area (Å²) in [4.78, 5) is 18.8. The molecule has 0 aliphatic carbocycles. The van der Waals surface area contributed by atoms with Crippen LogP contribution >= 0.6 is 0 Å². The lowest BCUT2D eigenvalue weighted by Gasteiger charge is -2.22. The molecule has 5 heteroatoms. The van der Waals surface area contributed by atoms with Crippen LogP contribution in [0.3, 0.4) is 0 Å². The maximum absolute atomic E-state index is 12.4. The summed E-state index contributed by atoms with van der Waals surface area (Å²) in [5, 5.41) is 4.10. The number of hydrogen-bond acceptors (Lipinski definition) is 4. The minimum absolute atomic E-state index is 0.132. The predicted octanol–water partition coefficient (Wildman–Crippen LogP) is 4.22. The molecule has 1 amide bonds. The second-order valence-electron chi connectivity index (χ2n) is 6.82. The van der Waals surface area contributed by atoms with Crippen LogP contribution in [0.5, 0.6) is 0 Å². The third-order valence-electron chi connectivity index (χ3n) is 5.01. The molecule has 0 radical (unpaired) electrons. The van der Waals surface area contributed by atoms with E-state index in [-0.39, 0.29) is 11.9 Å². The Hall–Kier alpha value is -2.95. The van der Waals surface area contributed by atoms with Crippen molar-refractivity contribution in [2.24, 2.45) is 0 Å². The first kappa shape index (κ1) is 16.5. The number of likely N-dealkylation sites (tertiary alicyclic amines) is 1. The molecule has 1 saturated heterocycles. The van der Waals surface area contributed by atoms with Gasteiger partial charge >= 0.3 is 0 Å². The Labute approximate surface area is 152 Å².